The third kappa shape index (κ3) is 3.15. The SMILES string of the molecule is COc1cc(CO)cc(Cl)c1OCc1cn(C)nn1. The van der Waals surface area contributed by atoms with Crippen LogP contribution in [-0.4, -0.2) is 27.2 Å². The first kappa shape index (κ1) is 13.6. The monoisotopic (exact) mass is 283 g/mol. The number of benzene rings is 1. The zero-order valence-corrected chi connectivity index (χ0v) is 11.4. The fraction of sp³-hybridized carbons (Fsp3) is 0.333. The molecule has 0 aliphatic rings. The highest BCUT2D eigenvalue weighted by Crippen LogP contribution is 2.36. The standard InChI is InChI=1S/C12H14ClN3O3/c1-16-5-9(14-15-16)7-19-12-10(13)3-8(6-17)4-11(12)18-2/h3-5,17H,6-7H2,1-2H3. The Balaban J connectivity index is 2.19. The van der Waals surface area contributed by atoms with Crippen LogP contribution in [0.25, 0.3) is 0 Å². The normalized spacial score (nSPS) is 10.5. The van der Waals surface area contributed by atoms with Crippen molar-refractivity contribution in [3.63, 3.8) is 0 Å². The maximum Gasteiger partial charge on any atom is 0.180 e. The molecule has 0 spiro atoms. The van der Waals surface area contributed by atoms with Gasteiger partial charge in [-0.3, -0.25) is 4.68 Å². The molecule has 0 unspecified atom stereocenters. The zero-order chi connectivity index (χ0) is 13.8. The predicted octanol–water partition coefficient (Wildman–Crippen LogP) is 1.55. The van der Waals surface area contributed by atoms with Crippen molar-refractivity contribution in [3.05, 3.63) is 34.6 Å². The van der Waals surface area contributed by atoms with Gasteiger partial charge in [0.1, 0.15) is 12.3 Å². The summed E-state index contributed by atoms with van der Waals surface area (Å²) in [4.78, 5) is 0. The topological polar surface area (TPSA) is 69.4 Å². The summed E-state index contributed by atoms with van der Waals surface area (Å²) in [5, 5.41) is 17.2. The Bertz CT molecular complexity index is 571. The Hall–Kier alpha value is -1.79. The molecular formula is C12H14ClN3O3. The highest BCUT2D eigenvalue weighted by molar-refractivity contribution is 6.32. The van der Waals surface area contributed by atoms with Gasteiger partial charge in [0.15, 0.2) is 11.5 Å². The van der Waals surface area contributed by atoms with Crippen molar-refractivity contribution in [2.75, 3.05) is 7.11 Å². The summed E-state index contributed by atoms with van der Waals surface area (Å²) in [6.07, 6.45) is 1.75. The minimum absolute atomic E-state index is 0.111. The number of hydrogen-bond donors (Lipinski definition) is 1. The van der Waals surface area contributed by atoms with Crippen molar-refractivity contribution in [2.45, 2.75) is 13.2 Å². The number of aryl methyl sites for hydroxylation is 1. The summed E-state index contributed by atoms with van der Waals surface area (Å²) in [5.41, 5.74) is 1.35. The molecular weight excluding hydrogens is 270 g/mol. The molecule has 0 aliphatic heterocycles. The largest absolute Gasteiger partial charge is 0.493 e. The summed E-state index contributed by atoms with van der Waals surface area (Å²) in [6.45, 7) is 0.128. The van der Waals surface area contributed by atoms with E-state index in [9.17, 15) is 0 Å². The second kappa shape index (κ2) is 5.90. The summed E-state index contributed by atoms with van der Waals surface area (Å²) in [7, 11) is 3.29. The molecule has 0 bridgehead atoms. The Morgan fingerprint density at radius 3 is 2.79 bits per heavy atom. The third-order valence-corrected chi connectivity index (χ3v) is 2.77. The van der Waals surface area contributed by atoms with Crippen molar-refractivity contribution in [2.24, 2.45) is 7.05 Å². The maximum atomic E-state index is 9.11. The van der Waals surface area contributed by atoms with E-state index < -0.39 is 0 Å². The average molecular weight is 284 g/mol. The van der Waals surface area contributed by atoms with Gasteiger partial charge in [-0.15, -0.1) is 5.10 Å². The predicted molar refractivity (Wildman–Crippen MR) is 69.3 cm³/mol. The number of rotatable bonds is 5. The van der Waals surface area contributed by atoms with Crippen molar-refractivity contribution in [3.8, 4) is 11.5 Å². The summed E-state index contributed by atoms with van der Waals surface area (Å²) in [5.74, 6) is 0.896. The highest BCUT2D eigenvalue weighted by Gasteiger charge is 2.12. The van der Waals surface area contributed by atoms with E-state index in [2.05, 4.69) is 10.3 Å². The molecule has 1 aromatic heterocycles. The molecule has 0 saturated heterocycles. The van der Waals surface area contributed by atoms with Gasteiger partial charge in [0, 0.05) is 7.05 Å². The number of hydrogen-bond acceptors (Lipinski definition) is 5. The molecule has 0 amide bonds. The van der Waals surface area contributed by atoms with Gasteiger partial charge in [0.2, 0.25) is 0 Å². The van der Waals surface area contributed by atoms with E-state index in [0.717, 1.165) is 0 Å². The van der Waals surface area contributed by atoms with E-state index >= 15 is 0 Å². The number of aromatic nitrogens is 3. The highest BCUT2D eigenvalue weighted by atomic mass is 35.5. The molecule has 0 aliphatic carbocycles. The van der Waals surface area contributed by atoms with E-state index in [1.54, 1.807) is 30.1 Å². The lowest BCUT2D eigenvalue weighted by Crippen LogP contribution is -2.00. The Morgan fingerprint density at radius 2 is 2.21 bits per heavy atom. The van der Waals surface area contributed by atoms with Crippen molar-refractivity contribution in [1.82, 2.24) is 15.0 Å². The number of methoxy groups -OCH3 is 1. The number of aliphatic hydroxyl groups excluding tert-OH is 1. The number of ether oxygens (including phenoxy) is 2. The number of halogens is 1. The van der Waals surface area contributed by atoms with Crippen LogP contribution in [0.15, 0.2) is 18.3 Å². The van der Waals surface area contributed by atoms with Gasteiger partial charge < -0.3 is 14.6 Å². The van der Waals surface area contributed by atoms with Crippen LogP contribution in [0.4, 0.5) is 0 Å². The molecule has 0 saturated carbocycles. The van der Waals surface area contributed by atoms with E-state index in [-0.39, 0.29) is 13.2 Å². The third-order valence-electron chi connectivity index (χ3n) is 2.49. The van der Waals surface area contributed by atoms with Gasteiger partial charge in [-0.05, 0) is 17.7 Å². The van der Waals surface area contributed by atoms with Crippen LogP contribution in [0.1, 0.15) is 11.3 Å². The molecule has 2 rings (SSSR count). The van der Waals surface area contributed by atoms with Gasteiger partial charge in [-0.25, -0.2) is 0 Å². The molecule has 2 aromatic rings. The van der Waals surface area contributed by atoms with Crippen LogP contribution in [0.2, 0.25) is 5.02 Å². The lowest BCUT2D eigenvalue weighted by atomic mass is 10.2. The van der Waals surface area contributed by atoms with Crippen molar-refractivity contribution >= 4 is 11.6 Å². The van der Waals surface area contributed by atoms with Gasteiger partial charge in [0.05, 0.1) is 24.9 Å². The molecule has 1 N–H and O–H groups in total. The first-order valence-corrected chi connectivity index (χ1v) is 5.97. The molecule has 0 atom stereocenters. The molecule has 1 heterocycles. The van der Waals surface area contributed by atoms with Gasteiger partial charge in [-0.2, -0.15) is 0 Å². The molecule has 0 fully saturated rings. The fourth-order valence-corrected chi connectivity index (χ4v) is 1.90. The molecule has 102 valence electrons. The zero-order valence-electron chi connectivity index (χ0n) is 10.6. The first-order valence-electron chi connectivity index (χ1n) is 5.59. The van der Waals surface area contributed by atoms with Crippen LogP contribution in [0.3, 0.4) is 0 Å². The summed E-state index contributed by atoms with van der Waals surface area (Å²) < 4.78 is 12.4. The van der Waals surface area contributed by atoms with Crippen molar-refractivity contribution < 1.29 is 14.6 Å². The molecule has 1 aromatic carbocycles. The summed E-state index contributed by atoms with van der Waals surface area (Å²) >= 11 is 6.11. The van der Waals surface area contributed by atoms with Crippen LogP contribution in [0, 0.1) is 0 Å². The average Bonchev–Trinajstić information content (AvgIpc) is 2.82. The van der Waals surface area contributed by atoms with Crippen LogP contribution in [0.5, 0.6) is 11.5 Å². The quantitative estimate of drug-likeness (QED) is 0.901. The van der Waals surface area contributed by atoms with Crippen LogP contribution >= 0.6 is 11.6 Å². The smallest absolute Gasteiger partial charge is 0.180 e. The molecule has 19 heavy (non-hydrogen) atoms. The van der Waals surface area contributed by atoms with Gasteiger partial charge >= 0.3 is 0 Å². The Morgan fingerprint density at radius 1 is 1.42 bits per heavy atom. The first-order chi connectivity index (χ1) is 9.13. The number of aliphatic hydroxyl groups is 1. The minimum atomic E-state index is -0.111. The number of nitrogens with zero attached hydrogens (tertiary/aromatic N) is 3. The lowest BCUT2D eigenvalue weighted by molar-refractivity contribution is 0.272. The summed E-state index contributed by atoms with van der Waals surface area (Å²) in [6, 6.07) is 3.31. The molecule has 6 nitrogen and oxygen atoms in total. The van der Waals surface area contributed by atoms with E-state index in [0.29, 0.717) is 27.8 Å². The minimum Gasteiger partial charge on any atom is -0.493 e. The van der Waals surface area contributed by atoms with E-state index in [4.69, 9.17) is 26.2 Å². The second-order valence-corrected chi connectivity index (χ2v) is 4.35. The molecule has 0 radical (unpaired) electrons. The van der Waals surface area contributed by atoms with Gasteiger partial charge in [0.25, 0.3) is 0 Å². The van der Waals surface area contributed by atoms with Crippen molar-refractivity contribution in [1.29, 1.82) is 0 Å². The maximum absolute atomic E-state index is 9.11. The fourth-order valence-electron chi connectivity index (χ4n) is 1.61. The van der Waals surface area contributed by atoms with Crippen LogP contribution in [-0.2, 0) is 20.3 Å². The van der Waals surface area contributed by atoms with Crippen LogP contribution < -0.4 is 9.47 Å². The lowest BCUT2D eigenvalue weighted by Gasteiger charge is -2.12. The van der Waals surface area contributed by atoms with Gasteiger partial charge in [-0.1, -0.05) is 16.8 Å². The Kier molecular flexibility index (Phi) is 4.24. The Labute approximate surface area is 115 Å². The van der Waals surface area contributed by atoms with E-state index in [1.165, 1.54) is 7.11 Å². The van der Waals surface area contributed by atoms with E-state index in [1.807, 2.05) is 0 Å². The second-order valence-electron chi connectivity index (χ2n) is 3.94. The molecule has 7 heteroatoms.